The molecule has 0 aliphatic heterocycles. The highest BCUT2D eigenvalue weighted by Gasteiger charge is 2.37. The highest BCUT2D eigenvalue weighted by molar-refractivity contribution is 5.45. The largest absolute Gasteiger partial charge is 0.378 e. The van der Waals surface area contributed by atoms with Gasteiger partial charge in [0.1, 0.15) is 5.82 Å². The molecule has 2 fully saturated rings. The molecule has 4 rings (SSSR count). The van der Waals surface area contributed by atoms with E-state index in [0.717, 1.165) is 45.1 Å². The summed E-state index contributed by atoms with van der Waals surface area (Å²) in [4.78, 5) is 0. The van der Waals surface area contributed by atoms with Crippen LogP contribution in [0.25, 0.3) is 0 Å². The minimum absolute atomic E-state index is 0.00754. The second kappa shape index (κ2) is 9.49. The monoisotopic (exact) mass is 426 g/mol. The Hall–Kier alpha value is -2.25. The van der Waals surface area contributed by atoms with Gasteiger partial charge in [-0.2, -0.15) is 0 Å². The van der Waals surface area contributed by atoms with Gasteiger partial charge in [0, 0.05) is 12.2 Å². The summed E-state index contributed by atoms with van der Waals surface area (Å²) in [6.45, 7) is 4.45. The molecule has 4 atom stereocenters. The Kier molecular flexibility index (Phi) is 6.72. The van der Waals surface area contributed by atoms with Crippen LogP contribution in [0.4, 0.5) is 13.2 Å². The van der Waals surface area contributed by atoms with Crippen molar-refractivity contribution >= 4 is 0 Å². The molecular formula is C27H29F3O. The number of fused-ring (bicyclic) bond motifs is 1. The number of rotatable bonds is 3. The molecule has 0 saturated heterocycles. The van der Waals surface area contributed by atoms with Crippen LogP contribution in [-0.4, -0.2) is 12.7 Å². The molecule has 1 nitrogen and oxygen atoms in total. The molecular weight excluding hydrogens is 397 g/mol. The van der Waals surface area contributed by atoms with Crippen molar-refractivity contribution in [3.05, 3.63) is 70.0 Å². The SMILES string of the molecule is CCOC1CCC2CC(c3ccc(C#Cc4ccc(C)c(F)c4)c(F)c3F)CCC2C1. The maximum atomic E-state index is 15.0. The summed E-state index contributed by atoms with van der Waals surface area (Å²) in [7, 11) is 0. The Bertz CT molecular complexity index is 1000. The lowest BCUT2D eigenvalue weighted by molar-refractivity contribution is -0.00970. The summed E-state index contributed by atoms with van der Waals surface area (Å²) in [6.07, 6.45) is 6.45. The van der Waals surface area contributed by atoms with E-state index in [9.17, 15) is 13.2 Å². The van der Waals surface area contributed by atoms with Gasteiger partial charge in [0.25, 0.3) is 0 Å². The quantitative estimate of drug-likeness (QED) is 0.485. The number of hydrogen-bond donors (Lipinski definition) is 0. The summed E-state index contributed by atoms with van der Waals surface area (Å²) in [5.41, 5.74) is 1.43. The Balaban J connectivity index is 1.48. The zero-order chi connectivity index (χ0) is 22.0. The van der Waals surface area contributed by atoms with Gasteiger partial charge in [-0.25, -0.2) is 13.2 Å². The van der Waals surface area contributed by atoms with E-state index in [2.05, 4.69) is 11.8 Å². The van der Waals surface area contributed by atoms with Crippen molar-refractivity contribution in [1.82, 2.24) is 0 Å². The molecule has 0 N–H and O–H groups in total. The first-order valence-corrected chi connectivity index (χ1v) is 11.3. The van der Waals surface area contributed by atoms with E-state index >= 15 is 0 Å². The molecule has 2 saturated carbocycles. The van der Waals surface area contributed by atoms with Crippen molar-refractivity contribution in [2.75, 3.05) is 6.61 Å². The molecule has 2 aromatic rings. The van der Waals surface area contributed by atoms with E-state index in [1.54, 1.807) is 31.2 Å². The summed E-state index contributed by atoms with van der Waals surface area (Å²) >= 11 is 0. The average Bonchev–Trinajstić information content (AvgIpc) is 2.77. The molecule has 4 heteroatoms. The Morgan fingerprint density at radius 1 is 0.903 bits per heavy atom. The smallest absolute Gasteiger partial charge is 0.174 e. The lowest BCUT2D eigenvalue weighted by Gasteiger charge is -2.42. The van der Waals surface area contributed by atoms with Gasteiger partial charge in [0.05, 0.1) is 11.7 Å². The topological polar surface area (TPSA) is 9.23 Å². The normalized spacial score (nSPS) is 25.5. The van der Waals surface area contributed by atoms with E-state index in [4.69, 9.17) is 4.74 Å². The molecule has 31 heavy (non-hydrogen) atoms. The van der Waals surface area contributed by atoms with Crippen molar-refractivity contribution in [3.63, 3.8) is 0 Å². The van der Waals surface area contributed by atoms with Gasteiger partial charge in [0.15, 0.2) is 11.6 Å². The second-order valence-electron chi connectivity index (χ2n) is 8.96. The fourth-order valence-corrected chi connectivity index (χ4v) is 5.30. The lowest BCUT2D eigenvalue weighted by atomic mass is 9.65. The predicted octanol–water partition coefficient (Wildman–Crippen LogP) is 6.90. The van der Waals surface area contributed by atoms with Crippen LogP contribution >= 0.6 is 0 Å². The van der Waals surface area contributed by atoms with Gasteiger partial charge >= 0.3 is 0 Å². The van der Waals surface area contributed by atoms with Gasteiger partial charge in [-0.15, -0.1) is 0 Å². The van der Waals surface area contributed by atoms with Crippen LogP contribution in [0.1, 0.15) is 73.6 Å². The molecule has 2 aliphatic carbocycles. The van der Waals surface area contributed by atoms with Gasteiger partial charge in [-0.1, -0.05) is 24.0 Å². The zero-order valence-corrected chi connectivity index (χ0v) is 18.2. The van der Waals surface area contributed by atoms with E-state index in [-0.39, 0.29) is 17.3 Å². The third-order valence-corrected chi connectivity index (χ3v) is 7.03. The molecule has 0 bridgehead atoms. The average molecular weight is 427 g/mol. The number of aryl methyl sites for hydroxylation is 1. The number of hydrogen-bond acceptors (Lipinski definition) is 1. The van der Waals surface area contributed by atoms with Gasteiger partial charge < -0.3 is 4.74 Å². The first kappa shape index (κ1) is 22.0. The van der Waals surface area contributed by atoms with Crippen molar-refractivity contribution in [2.45, 2.75) is 64.4 Å². The van der Waals surface area contributed by atoms with Crippen molar-refractivity contribution in [1.29, 1.82) is 0 Å². The van der Waals surface area contributed by atoms with E-state index in [1.165, 1.54) is 6.07 Å². The highest BCUT2D eigenvalue weighted by Crippen LogP contribution is 2.47. The van der Waals surface area contributed by atoms with Gasteiger partial charge in [-0.3, -0.25) is 0 Å². The molecule has 0 amide bonds. The Morgan fingerprint density at radius 2 is 1.68 bits per heavy atom. The fourth-order valence-electron chi connectivity index (χ4n) is 5.30. The third kappa shape index (κ3) is 4.83. The predicted molar refractivity (Wildman–Crippen MR) is 116 cm³/mol. The molecule has 0 radical (unpaired) electrons. The van der Waals surface area contributed by atoms with Crippen LogP contribution in [0.3, 0.4) is 0 Å². The van der Waals surface area contributed by atoms with Crippen molar-refractivity contribution < 1.29 is 17.9 Å². The van der Waals surface area contributed by atoms with E-state index in [1.807, 2.05) is 6.92 Å². The standard InChI is InChI=1S/C27H29F3O/c1-3-31-23-12-10-20-15-22(9-8-21(20)16-23)24-13-11-19(26(29)27(24)30)7-6-18-5-4-17(2)25(28)14-18/h4-5,11,13-14,20-23H,3,8-10,12,15-16H2,1-2H3. The Morgan fingerprint density at radius 3 is 2.45 bits per heavy atom. The zero-order valence-electron chi connectivity index (χ0n) is 18.2. The minimum Gasteiger partial charge on any atom is -0.378 e. The summed E-state index contributed by atoms with van der Waals surface area (Å²) in [5.74, 6) is 4.60. The molecule has 2 aromatic carbocycles. The molecule has 0 spiro atoms. The first-order valence-electron chi connectivity index (χ1n) is 11.3. The first-order chi connectivity index (χ1) is 15.0. The van der Waals surface area contributed by atoms with Crippen LogP contribution in [0.5, 0.6) is 0 Å². The van der Waals surface area contributed by atoms with Crippen LogP contribution in [0.15, 0.2) is 30.3 Å². The van der Waals surface area contributed by atoms with Crippen molar-refractivity contribution in [3.8, 4) is 11.8 Å². The number of halogens is 3. The molecule has 0 aromatic heterocycles. The molecule has 164 valence electrons. The van der Waals surface area contributed by atoms with Crippen molar-refractivity contribution in [2.24, 2.45) is 11.8 Å². The van der Waals surface area contributed by atoms with E-state index in [0.29, 0.717) is 34.6 Å². The van der Waals surface area contributed by atoms with E-state index < -0.39 is 11.6 Å². The Labute approximate surface area is 183 Å². The molecule has 0 heterocycles. The minimum atomic E-state index is -0.903. The summed E-state index contributed by atoms with van der Waals surface area (Å²) in [6, 6.07) is 7.85. The lowest BCUT2D eigenvalue weighted by Crippen LogP contribution is -2.34. The number of benzene rings is 2. The number of ether oxygens (including phenoxy) is 1. The van der Waals surface area contributed by atoms with Crippen LogP contribution in [0, 0.1) is 48.1 Å². The maximum Gasteiger partial charge on any atom is 0.174 e. The van der Waals surface area contributed by atoms with Crippen LogP contribution in [-0.2, 0) is 4.74 Å². The van der Waals surface area contributed by atoms with Gasteiger partial charge in [-0.05, 0) is 99.5 Å². The van der Waals surface area contributed by atoms with Crippen LogP contribution < -0.4 is 0 Å². The molecule has 2 aliphatic rings. The fraction of sp³-hybridized carbons (Fsp3) is 0.481. The third-order valence-electron chi connectivity index (χ3n) is 7.03. The van der Waals surface area contributed by atoms with Gasteiger partial charge in [0.2, 0.25) is 0 Å². The molecule has 4 unspecified atom stereocenters. The van der Waals surface area contributed by atoms with Crippen LogP contribution in [0.2, 0.25) is 0 Å². The highest BCUT2D eigenvalue weighted by atomic mass is 19.2. The maximum absolute atomic E-state index is 15.0. The second-order valence-corrected chi connectivity index (χ2v) is 8.96. The summed E-state index contributed by atoms with van der Waals surface area (Å²) < 4.78 is 49.2. The summed E-state index contributed by atoms with van der Waals surface area (Å²) in [5, 5.41) is 0.